The fourth-order valence-electron chi connectivity index (χ4n) is 3.91. The molecule has 0 bridgehead atoms. The summed E-state index contributed by atoms with van der Waals surface area (Å²) in [7, 11) is 0. The van der Waals surface area contributed by atoms with Crippen molar-refractivity contribution in [2.45, 2.75) is 65.2 Å². The summed E-state index contributed by atoms with van der Waals surface area (Å²) < 4.78 is 11.0. The lowest BCUT2D eigenvalue weighted by molar-refractivity contribution is 0.0730. The van der Waals surface area contributed by atoms with E-state index in [1.54, 1.807) is 49.4 Å². The van der Waals surface area contributed by atoms with Gasteiger partial charge in [-0.1, -0.05) is 57.6 Å². The number of rotatable bonds is 12. The monoisotopic (exact) mass is 483 g/mol. The molecule has 0 radical (unpaired) electrons. The zero-order valence-electron chi connectivity index (χ0n) is 21.1. The van der Waals surface area contributed by atoms with Gasteiger partial charge in [-0.3, -0.25) is 0 Å². The Kier molecular flexibility index (Phi) is 10.3. The third kappa shape index (κ3) is 8.09. The molecule has 0 heterocycles. The highest BCUT2D eigenvalue weighted by Crippen LogP contribution is 2.22. The van der Waals surface area contributed by atoms with Crippen molar-refractivity contribution in [3.05, 3.63) is 94.5 Å². The SMILES string of the molecule is CCCCCCCCCc1ccc(OC(=O)c2ccc(OC(=O)c3ccc(C#N)cc3)c(C)c2)cc1. The van der Waals surface area contributed by atoms with E-state index in [4.69, 9.17) is 14.7 Å². The zero-order chi connectivity index (χ0) is 25.8. The second kappa shape index (κ2) is 13.8. The maximum atomic E-state index is 12.6. The van der Waals surface area contributed by atoms with Crippen molar-refractivity contribution in [3.8, 4) is 17.6 Å². The molecule has 0 fully saturated rings. The molecule has 36 heavy (non-hydrogen) atoms. The number of benzene rings is 3. The molecular formula is C31H33NO4. The topological polar surface area (TPSA) is 76.4 Å². The molecule has 0 aliphatic heterocycles. The van der Waals surface area contributed by atoms with Gasteiger partial charge in [0.1, 0.15) is 11.5 Å². The summed E-state index contributed by atoms with van der Waals surface area (Å²) in [5.41, 5.74) is 3.06. The fraction of sp³-hybridized carbons (Fsp3) is 0.323. The summed E-state index contributed by atoms with van der Waals surface area (Å²) >= 11 is 0. The molecule has 186 valence electrons. The molecule has 0 aliphatic carbocycles. The molecule has 0 unspecified atom stereocenters. The van der Waals surface area contributed by atoms with Crippen molar-refractivity contribution in [1.29, 1.82) is 5.26 Å². The van der Waals surface area contributed by atoms with E-state index in [0.29, 0.717) is 33.8 Å². The minimum Gasteiger partial charge on any atom is -0.423 e. The fourth-order valence-corrected chi connectivity index (χ4v) is 3.91. The van der Waals surface area contributed by atoms with Gasteiger partial charge in [-0.15, -0.1) is 0 Å². The van der Waals surface area contributed by atoms with Crippen LogP contribution in [0.25, 0.3) is 0 Å². The van der Waals surface area contributed by atoms with Crippen LogP contribution in [0.5, 0.6) is 11.5 Å². The predicted octanol–water partition coefficient (Wildman–Crippen LogP) is 7.60. The zero-order valence-corrected chi connectivity index (χ0v) is 21.1. The lowest BCUT2D eigenvalue weighted by atomic mass is 10.0. The van der Waals surface area contributed by atoms with Crippen LogP contribution in [0.4, 0.5) is 0 Å². The Labute approximate surface area is 213 Å². The van der Waals surface area contributed by atoms with Gasteiger partial charge in [0.25, 0.3) is 0 Å². The Balaban J connectivity index is 1.49. The summed E-state index contributed by atoms with van der Waals surface area (Å²) in [6.45, 7) is 4.00. The maximum absolute atomic E-state index is 12.6. The number of unbranched alkanes of at least 4 members (excludes halogenated alkanes) is 6. The summed E-state index contributed by atoms with van der Waals surface area (Å²) in [5, 5.41) is 8.88. The van der Waals surface area contributed by atoms with Gasteiger partial charge in [-0.25, -0.2) is 9.59 Å². The molecule has 5 nitrogen and oxygen atoms in total. The first kappa shape index (κ1) is 26.7. The Bertz CT molecular complexity index is 1190. The number of ether oxygens (including phenoxy) is 2. The van der Waals surface area contributed by atoms with Crippen molar-refractivity contribution in [2.24, 2.45) is 0 Å². The molecule has 0 amide bonds. The maximum Gasteiger partial charge on any atom is 0.343 e. The normalized spacial score (nSPS) is 10.5. The number of esters is 2. The molecule has 0 aliphatic rings. The van der Waals surface area contributed by atoms with E-state index in [2.05, 4.69) is 6.92 Å². The van der Waals surface area contributed by atoms with E-state index in [1.807, 2.05) is 30.3 Å². The van der Waals surface area contributed by atoms with E-state index in [0.717, 1.165) is 6.42 Å². The van der Waals surface area contributed by atoms with Crippen LogP contribution in [-0.2, 0) is 6.42 Å². The predicted molar refractivity (Wildman–Crippen MR) is 140 cm³/mol. The second-order valence-corrected chi connectivity index (χ2v) is 8.96. The Morgan fingerprint density at radius 1 is 0.750 bits per heavy atom. The summed E-state index contributed by atoms with van der Waals surface area (Å²) in [6, 6.07) is 20.7. The number of carbonyl (C=O) groups excluding carboxylic acids is 2. The van der Waals surface area contributed by atoms with Gasteiger partial charge in [0.05, 0.1) is 22.8 Å². The van der Waals surface area contributed by atoms with Crippen molar-refractivity contribution in [3.63, 3.8) is 0 Å². The smallest absolute Gasteiger partial charge is 0.343 e. The second-order valence-electron chi connectivity index (χ2n) is 8.96. The van der Waals surface area contributed by atoms with Gasteiger partial charge in [0, 0.05) is 0 Å². The van der Waals surface area contributed by atoms with Gasteiger partial charge in [0.2, 0.25) is 0 Å². The highest BCUT2D eigenvalue weighted by molar-refractivity contribution is 5.93. The van der Waals surface area contributed by atoms with Crippen molar-refractivity contribution in [1.82, 2.24) is 0 Å². The molecule has 3 aromatic rings. The van der Waals surface area contributed by atoms with E-state index in [-0.39, 0.29) is 0 Å². The minimum atomic E-state index is -0.533. The van der Waals surface area contributed by atoms with Gasteiger partial charge >= 0.3 is 11.9 Å². The first-order chi connectivity index (χ1) is 17.5. The molecule has 0 saturated heterocycles. The molecule has 0 aromatic heterocycles. The summed E-state index contributed by atoms with van der Waals surface area (Å²) in [4.78, 5) is 25.0. The van der Waals surface area contributed by atoms with Crippen molar-refractivity contribution < 1.29 is 19.1 Å². The highest BCUT2D eigenvalue weighted by Gasteiger charge is 2.14. The van der Waals surface area contributed by atoms with Crippen LogP contribution in [-0.4, -0.2) is 11.9 Å². The molecule has 3 rings (SSSR count). The Morgan fingerprint density at radius 2 is 1.36 bits per heavy atom. The Morgan fingerprint density at radius 3 is 2.00 bits per heavy atom. The van der Waals surface area contributed by atoms with Crippen molar-refractivity contribution in [2.75, 3.05) is 0 Å². The molecule has 3 aromatic carbocycles. The average Bonchev–Trinajstić information content (AvgIpc) is 2.90. The first-order valence-corrected chi connectivity index (χ1v) is 12.6. The van der Waals surface area contributed by atoms with Crippen LogP contribution in [0.1, 0.15) is 89.3 Å². The molecular weight excluding hydrogens is 450 g/mol. The van der Waals surface area contributed by atoms with Crippen LogP contribution in [0, 0.1) is 18.3 Å². The van der Waals surface area contributed by atoms with E-state index in [9.17, 15) is 9.59 Å². The van der Waals surface area contributed by atoms with E-state index >= 15 is 0 Å². The average molecular weight is 484 g/mol. The lowest BCUT2D eigenvalue weighted by Gasteiger charge is -2.10. The summed E-state index contributed by atoms with van der Waals surface area (Å²) in [6.07, 6.45) is 10.0. The summed E-state index contributed by atoms with van der Waals surface area (Å²) in [5.74, 6) is -0.148. The van der Waals surface area contributed by atoms with Crippen LogP contribution in [0.3, 0.4) is 0 Å². The number of carbonyl (C=O) groups is 2. The van der Waals surface area contributed by atoms with Crippen LogP contribution >= 0.6 is 0 Å². The molecule has 0 saturated carbocycles. The third-order valence-electron chi connectivity index (χ3n) is 6.07. The van der Waals surface area contributed by atoms with Gasteiger partial charge in [-0.05, 0) is 85.5 Å². The van der Waals surface area contributed by atoms with Crippen LogP contribution in [0.15, 0.2) is 66.7 Å². The Hall–Kier alpha value is -3.91. The number of hydrogen-bond donors (Lipinski definition) is 0. The largest absolute Gasteiger partial charge is 0.423 e. The molecule has 0 atom stereocenters. The van der Waals surface area contributed by atoms with Gasteiger partial charge in [0.15, 0.2) is 0 Å². The molecule has 5 heteroatoms. The quantitative estimate of drug-likeness (QED) is 0.151. The van der Waals surface area contributed by atoms with Crippen LogP contribution in [0.2, 0.25) is 0 Å². The third-order valence-corrected chi connectivity index (χ3v) is 6.07. The van der Waals surface area contributed by atoms with Gasteiger partial charge < -0.3 is 9.47 Å². The highest BCUT2D eigenvalue weighted by atomic mass is 16.5. The van der Waals surface area contributed by atoms with E-state index in [1.165, 1.54) is 50.5 Å². The standard InChI is InChI=1S/C31H33NO4/c1-3-4-5-6-7-8-9-10-24-13-18-28(19-14-24)35-31(34)27-17-20-29(23(2)21-27)36-30(33)26-15-11-25(22-32)12-16-26/h11-21H,3-10H2,1-2H3. The van der Waals surface area contributed by atoms with Crippen molar-refractivity contribution >= 4 is 11.9 Å². The van der Waals surface area contributed by atoms with E-state index < -0.39 is 11.9 Å². The lowest BCUT2D eigenvalue weighted by Crippen LogP contribution is -2.11. The first-order valence-electron chi connectivity index (χ1n) is 12.6. The molecule has 0 spiro atoms. The minimum absolute atomic E-state index is 0.340. The number of hydrogen-bond acceptors (Lipinski definition) is 5. The number of nitrogens with zero attached hydrogens (tertiary/aromatic N) is 1. The van der Waals surface area contributed by atoms with Crippen LogP contribution < -0.4 is 9.47 Å². The number of nitriles is 1. The number of aryl methyl sites for hydroxylation is 2. The molecule has 0 N–H and O–H groups in total. The van der Waals surface area contributed by atoms with Gasteiger partial charge in [-0.2, -0.15) is 5.26 Å².